The van der Waals surface area contributed by atoms with Crippen molar-refractivity contribution < 1.29 is 14.0 Å². The topological polar surface area (TPSA) is 53.8 Å². The van der Waals surface area contributed by atoms with Gasteiger partial charge in [0.15, 0.2) is 11.6 Å². The lowest BCUT2D eigenvalue weighted by Gasteiger charge is -2.27. The van der Waals surface area contributed by atoms with E-state index in [4.69, 9.17) is 4.42 Å². The van der Waals surface area contributed by atoms with Crippen molar-refractivity contribution in [3.05, 3.63) is 47.5 Å². The highest BCUT2D eigenvalue weighted by molar-refractivity contribution is 6.10. The molecule has 2 atom stereocenters. The number of hydrogen-bond donors (Lipinski definition) is 0. The molecular weight excluding hydrogens is 484 g/mol. The van der Waals surface area contributed by atoms with Gasteiger partial charge in [0.05, 0.1) is 0 Å². The predicted octanol–water partition coefficient (Wildman–Crippen LogP) is 7.76. The van der Waals surface area contributed by atoms with Crippen LogP contribution in [-0.2, 0) is 0 Å². The Hall–Kier alpha value is -2.50. The zero-order valence-corrected chi connectivity index (χ0v) is 24.1. The second-order valence-electron chi connectivity index (χ2n) is 12.4. The van der Waals surface area contributed by atoms with Crippen molar-refractivity contribution in [1.29, 1.82) is 0 Å². The van der Waals surface area contributed by atoms with E-state index in [1.165, 1.54) is 64.7 Å². The van der Waals surface area contributed by atoms with Crippen LogP contribution in [-0.4, -0.2) is 60.6 Å². The molecule has 2 saturated heterocycles. The molecule has 0 aliphatic carbocycles. The Labute approximate surface area is 233 Å². The normalized spacial score (nSPS) is 18.9. The maximum Gasteiger partial charge on any atom is 0.163 e. The molecule has 2 fully saturated rings. The van der Waals surface area contributed by atoms with Crippen LogP contribution in [0.5, 0.6) is 0 Å². The molecule has 0 N–H and O–H groups in total. The SMILES string of the molecule is CC(CCN1CCCCC1)CC(=O)c1ccc2oc3ccc(C(=O)CC(C)CCN4CCCCC4)cc3c2c1. The van der Waals surface area contributed by atoms with Crippen molar-refractivity contribution in [2.45, 2.75) is 78.1 Å². The highest BCUT2D eigenvalue weighted by atomic mass is 16.3. The molecule has 0 saturated carbocycles. The van der Waals surface area contributed by atoms with Gasteiger partial charge in [-0.2, -0.15) is 0 Å². The first-order chi connectivity index (χ1) is 19.0. The lowest BCUT2D eigenvalue weighted by atomic mass is 9.94. The predicted molar refractivity (Wildman–Crippen MR) is 160 cm³/mol. The monoisotopic (exact) mass is 530 g/mol. The number of carbonyl (C=O) groups excluding carboxylic acids is 2. The molecule has 0 amide bonds. The van der Waals surface area contributed by atoms with E-state index in [9.17, 15) is 9.59 Å². The number of carbonyl (C=O) groups is 2. The van der Waals surface area contributed by atoms with Crippen LogP contribution in [0.15, 0.2) is 40.8 Å². The third kappa shape index (κ3) is 7.37. The molecule has 5 nitrogen and oxygen atoms in total. The summed E-state index contributed by atoms with van der Waals surface area (Å²) in [4.78, 5) is 31.4. The largest absolute Gasteiger partial charge is 0.456 e. The number of rotatable bonds is 12. The number of furan rings is 1. The van der Waals surface area contributed by atoms with E-state index in [1.807, 2.05) is 36.4 Å². The first-order valence-electron chi connectivity index (χ1n) is 15.4. The third-order valence-corrected chi connectivity index (χ3v) is 8.95. The molecule has 2 unspecified atom stereocenters. The highest BCUT2D eigenvalue weighted by Crippen LogP contribution is 2.31. The van der Waals surface area contributed by atoms with E-state index in [2.05, 4.69) is 23.6 Å². The molecule has 0 spiro atoms. The Morgan fingerprint density at radius 3 is 1.49 bits per heavy atom. The Bertz CT molecular complexity index is 1170. The standard InChI is InChI=1S/C34H46N2O3/c1-25(13-19-35-15-5-3-6-16-35)21-31(37)27-9-11-33-29(23-27)30-24-28(10-12-34(30)39-33)32(38)22-26(2)14-20-36-17-7-4-8-18-36/h9-12,23-26H,3-8,13-22H2,1-2H3. The summed E-state index contributed by atoms with van der Waals surface area (Å²) in [6, 6.07) is 11.5. The number of benzene rings is 2. The van der Waals surface area contributed by atoms with Gasteiger partial charge in [-0.05, 0) is 126 Å². The summed E-state index contributed by atoms with van der Waals surface area (Å²) in [7, 11) is 0. The van der Waals surface area contributed by atoms with Crippen molar-refractivity contribution in [2.75, 3.05) is 39.3 Å². The van der Waals surface area contributed by atoms with Crippen molar-refractivity contribution in [2.24, 2.45) is 11.8 Å². The highest BCUT2D eigenvalue weighted by Gasteiger charge is 2.19. The van der Waals surface area contributed by atoms with Gasteiger partial charge in [-0.3, -0.25) is 9.59 Å². The third-order valence-electron chi connectivity index (χ3n) is 8.95. The number of hydrogen-bond acceptors (Lipinski definition) is 5. The average Bonchev–Trinajstić information content (AvgIpc) is 3.33. The molecule has 2 aromatic carbocycles. The molecule has 1 aromatic heterocycles. The molecule has 5 rings (SSSR count). The average molecular weight is 531 g/mol. The van der Waals surface area contributed by atoms with Crippen molar-refractivity contribution >= 4 is 33.5 Å². The summed E-state index contributed by atoms with van der Waals surface area (Å²) in [6.07, 6.45) is 11.2. The number of likely N-dealkylation sites (tertiary alicyclic amines) is 2. The van der Waals surface area contributed by atoms with E-state index >= 15 is 0 Å². The number of piperidine rings is 2. The van der Waals surface area contributed by atoms with E-state index in [1.54, 1.807) is 0 Å². The lowest BCUT2D eigenvalue weighted by Crippen LogP contribution is -2.31. The minimum Gasteiger partial charge on any atom is -0.456 e. The van der Waals surface area contributed by atoms with Crippen LogP contribution in [0, 0.1) is 11.8 Å². The zero-order valence-electron chi connectivity index (χ0n) is 24.1. The van der Waals surface area contributed by atoms with Gasteiger partial charge in [-0.1, -0.05) is 26.7 Å². The van der Waals surface area contributed by atoms with Crippen molar-refractivity contribution in [3.63, 3.8) is 0 Å². The fourth-order valence-corrected chi connectivity index (χ4v) is 6.37. The molecule has 0 radical (unpaired) electrons. The van der Waals surface area contributed by atoms with Crippen LogP contribution >= 0.6 is 0 Å². The Morgan fingerprint density at radius 2 is 1.08 bits per heavy atom. The minimum atomic E-state index is 0.187. The second-order valence-corrected chi connectivity index (χ2v) is 12.4. The molecule has 0 bridgehead atoms. The van der Waals surface area contributed by atoms with Gasteiger partial charge in [-0.15, -0.1) is 0 Å². The van der Waals surface area contributed by atoms with Gasteiger partial charge in [0.2, 0.25) is 0 Å². The maximum atomic E-state index is 13.2. The molecule has 2 aliphatic heterocycles. The summed E-state index contributed by atoms with van der Waals surface area (Å²) in [5.41, 5.74) is 2.99. The van der Waals surface area contributed by atoms with Gasteiger partial charge in [0.25, 0.3) is 0 Å². The minimum absolute atomic E-state index is 0.187. The van der Waals surface area contributed by atoms with Gasteiger partial charge in [0, 0.05) is 34.7 Å². The number of nitrogens with zero attached hydrogens (tertiary/aromatic N) is 2. The fraction of sp³-hybridized carbons (Fsp3) is 0.588. The van der Waals surface area contributed by atoms with Gasteiger partial charge in [0.1, 0.15) is 11.2 Å². The first kappa shape index (κ1) is 28.0. The van der Waals surface area contributed by atoms with E-state index in [0.717, 1.165) is 59.0 Å². The first-order valence-corrected chi connectivity index (χ1v) is 15.4. The summed E-state index contributed by atoms with van der Waals surface area (Å²) < 4.78 is 6.06. The zero-order chi connectivity index (χ0) is 27.2. The molecule has 2 aliphatic rings. The quantitative estimate of drug-likeness (QED) is 0.224. The van der Waals surface area contributed by atoms with E-state index in [0.29, 0.717) is 24.7 Å². The smallest absolute Gasteiger partial charge is 0.163 e. The summed E-state index contributed by atoms with van der Waals surface area (Å²) in [6.45, 7) is 11.4. The van der Waals surface area contributed by atoms with Crippen LogP contribution in [0.1, 0.15) is 98.8 Å². The van der Waals surface area contributed by atoms with Crippen LogP contribution in [0.25, 0.3) is 21.9 Å². The molecule has 3 aromatic rings. The molecule has 5 heteroatoms. The van der Waals surface area contributed by atoms with Crippen molar-refractivity contribution in [3.8, 4) is 0 Å². The van der Waals surface area contributed by atoms with Crippen LogP contribution in [0.4, 0.5) is 0 Å². The van der Waals surface area contributed by atoms with Gasteiger partial charge < -0.3 is 14.2 Å². The van der Waals surface area contributed by atoms with E-state index < -0.39 is 0 Å². The second kappa shape index (κ2) is 13.2. The van der Waals surface area contributed by atoms with Crippen molar-refractivity contribution in [1.82, 2.24) is 9.80 Å². The van der Waals surface area contributed by atoms with Crippen LogP contribution in [0.3, 0.4) is 0 Å². The Kier molecular flexibility index (Phi) is 9.52. The summed E-state index contributed by atoms with van der Waals surface area (Å²) >= 11 is 0. The number of fused-ring (bicyclic) bond motifs is 3. The number of ketones is 2. The molecule has 210 valence electrons. The molecule has 39 heavy (non-hydrogen) atoms. The molecular formula is C34H46N2O3. The lowest BCUT2D eigenvalue weighted by molar-refractivity contribution is 0.0950. The Morgan fingerprint density at radius 1 is 0.667 bits per heavy atom. The van der Waals surface area contributed by atoms with Gasteiger partial charge in [-0.25, -0.2) is 0 Å². The van der Waals surface area contributed by atoms with Crippen LogP contribution in [0.2, 0.25) is 0 Å². The summed E-state index contributed by atoms with van der Waals surface area (Å²) in [5.74, 6) is 1.09. The fourth-order valence-electron chi connectivity index (χ4n) is 6.37. The molecule has 3 heterocycles. The van der Waals surface area contributed by atoms with E-state index in [-0.39, 0.29) is 11.6 Å². The van der Waals surface area contributed by atoms with Crippen LogP contribution < -0.4 is 0 Å². The Balaban J connectivity index is 1.22. The van der Waals surface area contributed by atoms with Gasteiger partial charge >= 0.3 is 0 Å². The maximum absolute atomic E-state index is 13.2. The summed E-state index contributed by atoms with van der Waals surface area (Å²) in [5, 5.41) is 1.84. The number of Topliss-reactive ketones (excluding diaryl/α,β-unsaturated/α-hetero) is 2.